The third-order valence-corrected chi connectivity index (χ3v) is 3.12. The first kappa shape index (κ1) is 13.4. The van der Waals surface area contributed by atoms with E-state index in [4.69, 9.17) is 4.74 Å². The lowest BCUT2D eigenvalue weighted by Crippen LogP contribution is -1.85. The predicted octanol–water partition coefficient (Wildman–Crippen LogP) is 4.43. The summed E-state index contributed by atoms with van der Waals surface area (Å²) in [6.07, 6.45) is 7.70. The van der Waals surface area contributed by atoms with Crippen LogP contribution in [0.2, 0.25) is 0 Å². The molecule has 0 bridgehead atoms. The van der Waals surface area contributed by atoms with Gasteiger partial charge in [-0.15, -0.1) is 0 Å². The Kier molecular flexibility index (Phi) is 5.24. The van der Waals surface area contributed by atoms with Crippen molar-refractivity contribution in [2.24, 2.45) is 0 Å². The first-order valence-corrected chi connectivity index (χ1v) is 6.70. The van der Waals surface area contributed by atoms with Crippen LogP contribution < -0.4 is 4.74 Å². The van der Waals surface area contributed by atoms with E-state index in [1.165, 1.54) is 11.1 Å². The summed E-state index contributed by atoms with van der Waals surface area (Å²) in [4.78, 5) is 0. The fraction of sp³-hybridized carbons (Fsp3) is 0.222. The highest BCUT2D eigenvalue weighted by molar-refractivity contribution is 5.28. The second-order valence-corrected chi connectivity index (χ2v) is 4.55. The second kappa shape index (κ2) is 7.42. The van der Waals surface area contributed by atoms with Crippen molar-refractivity contribution >= 4 is 0 Å². The third kappa shape index (κ3) is 4.63. The van der Waals surface area contributed by atoms with Gasteiger partial charge in [0.05, 0.1) is 7.11 Å². The molecule has 0 aromatic heterocycles. The predicted molar refractivity (Wildman–Crippen MR) is 80.6 cm³/mol. The molecule has 2 aromatic rings. The molecule has 0 heterocycles. The van der Waals surface area contributed by atoms with Gasteiger partial charge in [0, 0.05) is 0 Å². The van der Waals surface area contributed by atoms with E-state index >= 15 is 0 Å². The number of hydrogen-bond donors (Lipinski definition) is 0. The Morgan fingerprint density at radius 1 is 0.842 bits per heavy atom. The molecule has 0 aliphatic heterocycles. The largest absolute Gasteiger partial charge is 0.497 e. The smallest absolute Gasteiger partial charge is 0.118 e. The first-order chi connectivity index (χ1) is 9.38. The normalized spacial score (nSPS) is 10.8. The molecule has 2 aromatic carbocycles. The highest BCUT2D eigenvalue weighted by atomic mass is 16.5. The summed E-state index contributed by atoms with van der Waals surface area (Å²) in [5.41, 5.74) is 2.72. The average Bonchev–Trinajstić information content (AvgIpc) is 2.49. The Labute approximate surface area is 115 Å². The van der Waals surface area contributed by atoms with E-state index in [-0.39, 0.29) is 0 Å². The SMILES string of the molecule is COc1ccc(C/C=C/CCc2ccccc2)cc1. The lowest BCUT2D eigenvalue weighted by atomic mass is 10.1. The standard InChI is InChI=1S/C18H20O/c1-19-18-14-12-17(13-15-18)11-7-3-6-10-16-8-4-2-5-9-16/h2-5,7-9,12-15H,6,10-11H2,1H3/b7-3+. The monoisotopic (exact) mass is 252 g/mol. The minimum Gasteiger partial charge on any atom is -0.497 e. The molecule has 0 saturated carbocycles. The molecular weight excluding hydrogens is 232 g/mol. The molecule has 0 unspecified atom stereocenters. The lowest BCUT2D eigenvalue weighted by molar-refractivity contribution is 0.414. The maximum absolute atomic E-state index is 5.14. The van der Waals surface area contributed by atoms with Crippen molar-refractivity contribution in [1.82, 2.24) is 0 Å². The van der Waals surface area contributed by atoms with Crippen molar-refractivity contribution in [2.75, 3.05) is 7.11 Å². The third-order valence-electron chi connectivity index (χ3n) is 3.12. The fourth-order valence-corrected chi connectivity index (χ4v) is 1.99. The van der Waals surface area contributed by atoms with Gasteiger partial charge in [0.15, 0.2) is 0 Å². The van der Waals surface area contributed by atoms with Crippen molar-refractivity contribution in [3.05, 3.63) is 77.9 Å². The minimum absolute atomic E-state index is 0.914. The Morgan fingerprint density at radius 2 is 1.58 bits per heavy atom. The molecule has 98 valence electrons. The van der Waals surface area contributed by atoms with Crippen LogP contribution in [-0.4, -0.2) is 7.11 Å². The van der Waals surface area contributed by atoms with Gasteiger partial charge < -0.3 is 4.74 Å². The highest BCUT2D eigenvalue weighted by Crippen LogP contribution is 2.12. The number of allylic oxidation sites excluding steroid dienone is 2. The first-order valence-electron chi connectivity index (χ1n) is 6.70. The summed E-state index contributed by atoms with van der Waals surface area (Å²) in [6.45, 7) is 0. The minimum atomic E-state index is 0.914. The van der Waals surface area contributed by atoms with Gasteiger partial charge in [0.2, 0.25) is 0 Å². The van der Waals surface area contributed by atoms with E-state index < -0.39 is 0 Å². The van der Waals surface area contributed by atoms with Crippen LogP contribution in [0.25, 0.3) is 0 Å². The molecule has 1 heteroatoms. The summed E-state index contributed by atoms with van der Waals surface area (Å²) >= 11 is 0. The Hall–Kier alpha value is -2.02. The number of hydrogen-bond acceptors (Lipinski definition) is 1. The van der Waals surface area contributed by atoms with Crippen LogP contribution in [0.3, 0.4) is 0 Å². The Balaban J connectivity index is 1.74. The van der Waals surface area contributed by atoms with Gasteiger partial charge in [0.1, 0.15) is 5.75 Å². The maximum atomic E-state index is 5.14. The van der Waals surface area contributed by atoms with Gasteiger partial charge in [-0.2, -0.15) is 0 Å². The number of methoxy groups -OCH3 is 1. The molecule has 0 radical (unpaired) electrons. The van der Waals surface area contributed by atoms with Crippen LogP contribution in [0.5, 0.6) is 5.75 Å². The summed E-state index contributed by atoms with van der Waals surface area (Å²) in [7, 11) is 1.69. The van der Waals surface area contributed by atoms with E-state index in [2.05, 4.69) is 54.6 Å². The van der Waals surface area contributed by atoms with Gasteiger partial charge in [-0.05, 0) is 42.5 Å². The van der Waals surface area contributed by atoms with Gasteiger partial charge in [-0.25, -0.2) is 0 Å². The van der Waals surface area contributed by atoms with Crippen molar-refractivity contribution in [1.29, 1.82) is 0 Å². The molecule has 2 rings (SSSR count). The molecular formula is C18H20O. The van der Waals surface area contributed by atoms with Crippen LogP contribution in [0.1, 0.15) is 17.5 Å². The number of rotatable bonds is 6. The van der Waals surface area contributed by atoms with Crippen LogP contribution >= 0.6 is 0 Å². The number of aryl methyl sites for hydroxylation is 1. The molecule has 0 spiro atoms. The number of benzene rings is 2. The topological polar surface area (TPSA) is 9.23 Å². The quantitative estimate of drug-likeness (QED) is 0.691. The van der Waals surface area contributed by atoms with Crippen molar-refractivity contribution in [3.8, 4) is 5.75 Å². The van der Waals surface area contributed by atoms with Crippen LogP contribution in [0, 0.1) is 0 Å². The van der Waals surface area contributed by atoms with Crippen LogP contribution in [-0.2, 0) is 12.8 Å². The van der Waals surface area contributed by atoms with E-state index in [1.807, 2.05) is 12.1 Å². The van der Waals surface area contributed by atoms with E-state index in [1.54, 1.807) is 7.11 Å². The molecule has 0 atom stereocenters. The van der Waals surface area contributed by atoms with Crippen LogP contribution in [0.15, 0.2) is 66.7 Å². The van der Waals surface area contributed by atoms with Crippen molar-refractivity contribution in [3.63, 3.8) is 0 Å². The van der Waals surface area contributed by atoms with E-state index in [9.17, 15) is 0 Å². The van der Waals surface area contributed by atoms with Crippen molar-refractivity contribution < 1.29 is 4.74 Å². The van der Waals surface area contributed by atoms with E-state index in [0.717, 1.165) is 25.0 Å². The molecule has 0 aliphatic rings. The molecule has 1 nitrogen and oxygen atoms in total. The van der Waals surface area contributed by atoms with Gasteiger partial charge >= 0.3 is 0 Å². The number of ether oxygens (including phenoxy) is 1. The zero-order valence-electron chi connectivity index (χ0n) is 11.4. The lowest BCUT2D eigenvalue weighted by Gasteiger charge is -2.00. The summed E-state index contributed by atoms with van der Waals surface area (Å²) in [5, 5.41) is 0. The van der Waals surface area contributed by atoms with Crippen LogP contribution in [0.4, 0.5) is 0 Å². The fourth-order valence-electron chi connectivity index (χ4n) is 1.99. The zero-order chi connectivity index (χ0) is 13.3. The molecule has 0 fully saturated rings. The average molecular weight is 252 g/mol. The van der Waals surface area contributed by atoms with Gasteiger partial charge in [-0.1, -0.05) is 54.6 Å². The van der Waals surface area contributed by atoms with Gasteiger partial charge in [0.25, 0.3) is 0 Å². The zero-order valence-corrected chi connectivity index (χ0v) is 11.4. The molecule has 0 aliphatic carbocycles. The highest BCUT2D eigenvalue weighted by Gasteiger charge is 1.92. The van der Waals surface area contributed by atoms with E-state index in [0.29, 0.717) is 0 Å². The Morgan fingerprint density at radius 3 is 2.26 bits per heavy atom. The van der Waals surface area contributed by atoms with Crippen molar-refractivity contribution in [2.45, 2.75) is 19.3 Å². The molecule has 19 heavy (non-hydrogen) atoms. The Bertz CT molecular complexity index is 497. The van der Waals surface area contributed by atoms with Gasteiger partial charge in [-0.3, -0.25) is 0 Å². The summed E-state index contributed by atoms with van der Waals surface area (Å²) < 4.78 is 5.14. The summed E-state index contributed by atoms with van der Waals surface area (Å²) in [6, 6.07) is 18.8. The second-order valence-electron chi connectivity index (χ2n) is 4.55. The molecule has 0 N–H and O–H groups in total. The maximum Gasteiger partial charge on any atom is 0.118 e. The molecule has 0 amide bonds. The summed E-state index contributed by atoms with van der Waals surface area (Å²) in [5.74, 6) is 0.914. The molecule has 0 saturated heterocycles.